The van der Waals surface area contributed by atoms with Gasteiger partial charge in [-0.05, 0) is 42.2 Å². The molecule has 1 aliphatic rings. The van der Waals surface area contributed by atoms with E-state index in [4.69, 9.17) is 26.1 Å². The van der Waals surface area contributed by atoms with Crippen molar-refractivity contribution in [3.63, 3.8) is 0 Å². The van der Waals surface area contributed by atoms with Gasteiger partial charge in [-0.25, -0.2) is 9.67 Å². The van der Waals surface area contributed by atoms with Crippen LogP contribution in [0.4, 0.5) is 0 Å². The van der Waals surface area contributed by atoms with Gasteiger partial charge in [-0.2, -0.15) is 0 Å². The molecule has 0 amide bonds. The second-order valence-corrected chi connectivity index (χ2v) is 11.3. The van der Waals surface area contributed by atoms with Gasteiger partial charge in [0.1, 0.15) is 4.83 Å². The monoisotopic (exact) mass is 560 g/mol. The van der Waals surface area contributed by atoms with Crippen molar-refractivity contribution >= 4 is 33.2 Å². The fourth-order valence-corrected chi connectivity index (χ4v) is 6.98. The summed E-state index contributed by atoms with van der Waals surface area (Å²) in [7, 11) is 3.25. The molecule has 1 N–H and O–H groups in total. The van der Waals surface area contributed by atoms with Gasteiger partial charge in [-0.15, -0.1) is 11.3 Å². The Morgan fingerprint density at radius 2 is 1.85 bits per heavy atom. The highest BCUT2D eigenvalue weighted by atomic mass is 35.5. The summed E-state index contributed by atoms with van der Waals surface area (Å²) in [6, 6.07) is 18.0. The first-order chi connectivity index (χ1) is 18.9. The zero-order valence-electron chi connectivity index (χ0n) is 22.1. The fourth-order valence-electron chi connectivity index (χ4n) is 5.38. The van der Waals surface area contributed by atoms with Gasteiger partial charge in [-0.3, -0.25) is 14.8 Å². The minimum absolute atomic E-state index is 0.111. The van der Waals surface area contributed by atoms with Crippen LogP contribution in [0.3, 0.4) is 0 Å². The van der Waals surface area contributed by atoms with Gasteiger partial charge in [0.2, 0.25) is 0 Å². The molecule has 0 bridgehead atoms. The summed E-state index contributed by atoms with van der Waals surface area (Å²) >= 11 is 8.88. The van der Waals surface area contributed by atoms with Crippen LogP contribution in [0, 0.1) is 6.92 Å². The molecule has 200 valence electrons. The number of nitrogens with zero attached hydrogens (tertiary/aromatic N) is 3. The van der Waals surface area contributed by atoms with E-state index in [1.807, 2.05) is 25.1 Å². The van der Waals surface area contributed by atoms with Gasteiger partial charge >= 0.3 is 0 Å². The topological polar surface area (TPSA) is 72.4 Å². The Morgan fingerprint density at radius 1 is 1.05 bits per heavy atom. The van der Waals surface area contributed by atoms with Gasteiger partial charge in [0, 0.05) is 47.2 Å². The second-order valence-electron chi connectivity index (χ2n) is 9.81. The first kappa shape index (κ1) is 25.7. The van der Waals surface area contributed by atoms with E-state index in [0.717, 1.165) is 53.1 Å². The van der Waals surface area contributed by atoms with Gasteiger partial charge in [-0.1, -0.05) is 48.0 Å². The summed E-state index contributed by atoms with van der Waals surface area (Å²) in [6.45, 7) is 4.84. The zero-order chi connectivity index (χ0) is 27.1. The SMILES string of the molecule is COc1ccc(-c2c(Cl)c(Cn3[nH]c(C)cc3=O)nc3sc4c(c23)CCN(Cc2ccccc2)C4)cc1OC. The minimum atomic E-state index is -0.111. The Labute approximate surface area is 235 Å². The molecule has 2 aromatic carbocycles. The lowest BCUT2D eigenvalue weighted by Gasteiger charge is -2.27. The standard InChI is InChI=1S/C30H29ClN4O3S/c1-18-13-26(36)35(33-18)16-22-29(31)27(20-9-10-23(37-2)24(14-20)38-3)28-21-11-12-34(15-19-7-5-4-6-8-19)17-25(21)39-30(28)32-22/h4-10,13-14,33H,11-12,15-17H2,1-3H3. The van der Waals surface area contributed by atoms with Crippen LogP contribution in [0.1, 0.15) is 27.4 Å². The molecule has 4 heterocycles. The number of aromatic nitrogens is 3. The number of halogens is 1. The maximum Gasteiger partial charge on any atom is 0.267 e. The average molecular weight is 561 g/mol. The van der Waals surface area contributed by atoms with Crippen LogP contribution >= 0.6 is 22.9 Å². The first-order valence-corrected chi connectivity index (χ1v) is 14.0. The molecule has 0 saturated carbocycles. The third kappa shape index (κ3) is 4.84. The van der Waals surface area contributed by atoms with E-state index in [2.05, 4.69) is 40.3 Å². The molecule has 0 aliphatic carbocycles. The molecular weight excluding hydrogens is 532 g/mol. The number of thiophene rings is 1. The lowest BCUT2D eigenvalue weighted by molar-refractivity contribution is 0.249. The highest BCUT2D eigenvalue weighted by molar-refractivity contribution is 7.19. The number of ether oxygens (including phenoxy) is 2. The summed E-state index contributed by atoms with van der Waals surface area (Å²) in [4.78, 5) is 22.2. The number of pyridine rings is 1. The summed E-state index contributed by atoms with van der Waals surface area (Å²) in [5.41, 5.74) is 5.79. The van der Waals surface area contributed by atoms with Crippen LogP contribution in [-0.2, 0) is 26.1 Å². The Hall–Kier alpha value is -3.59. The first-order valence-electron chi connectivity index (χ1n) is 12.8. The maximum absolute atomic E-state index is 12.5. The summed E-state index contributed by atoms with van der Waals surface area (Å²) in [5.74, 6) is 1.28. The number of methoxy groups -OCH3 is 2. The van der Waals surface area contributed by atoms with Crippen molar-refractivity contribution in [2.45, 2.75) is 33.0 Å². The van der Waals surface area contributed by atoms with E-state index < -0.39 is 0 Å². The quantitative estimate of drug-likeness (QED) is 0.263. The average Bonchev–Trinajstić information content (AvgIpc) is 3.46. The molecule has 0 saturated heterocycles. The molecule has 0 radical (unpaired) electrons. The highest BCUT2D eigenvalue weighted by Crippen LogP contribution is 2.46. The number of hydrogen-bond donors (Lipinski definition) is 1. The van der Waals surface area contributed by atoms with E-state index in [9.17, 15) is 4.79 Å². The van der Waals surface area contributed by atoms with Crippen molar-refractivity contribution in [1.29, 1.82) is 0 Å². The molecule has 39 heavy (non-hydrogen) atoms. The van der Waals surface area contributed by atoms with E-state index in [1.165, 1.54) is 16.0 Å². The molecule has 1 aliphatic heterocycles. The molecular formula is C30H29ClN4O3S. The zero-order valence-corrected chi connectivity index (χ0v) is 23.7. The van der Waals surface area contributed by atoms with Crippen molar-refractivity contribution in [3.05, 3.63) is 97.4 Å². The third-order valence-corrected chi connectivity index (χ3v) is 8.74. The van der Waals surface area contributed by atoms with Crippen molar-refractivity contribution < 1.29 is 9.47 Å². The summed E-state index contributed by atoms with van der Waals surface area (Å²) in [5, 5.41) is 4.74. The van der Waals surface area contributed by atoms with Crippen LogP contribution in [0.25, 0.3) is 21.3 Å². The maximum atomic E-state index is 12.5. The van der Waals surface area contributed by atoms with Gasteiger partial charge in [0.05, 0.1) is 31.5 Å². The number of benzene rings is 2. The van der Waals surface area contributed by atoms with Gasteiger partial charge in [0.25, 0.3) is 5.56 Å². The number of hydrogen-bond acceptors (Lipinski definition) is 6. The van der Waals surface area contributed by atoms with Crippen LogP contribution in [-0.4, -0.2) is 40.4 Å². The van der Waals surface area contributed by atoms with Crippen LogP contribution in [0.15, 0.2) is 59.4 Å². The Morgan fingerprint density at radius 3 is 2.56 bits per heavy atom. The van der Waals surface area contributed by atoms with Gasteiger partial charge < -0.3 is 9.47 Å². The van der Waals surface area contributed by atoms with Crippen molar-refractivity contribution in [3.8, 4) is 22.6 Å². The van der Waals surface area contributed by atoms with Crippen molar-refractivity contribution in [1.82, 2.24) is 19.7 Å². The van der Waals surface area contributed by atoms with E-state index in [-0.39, 0.29) is 12.1 Å². The Bertz CT molecular complexity index is 1720. The number of nitrogens with one attached hydrogen (secondary N) is 1. The van der Waals surface area contributed by atoms with Crippen molar-refractivity contribution in [2.75, 3.05) is 20.8 Å². The lowest BCUT2D eigenvalue weighted by Crippen LogP contribution is -2.29. The molecule has 3 aromatic heterocycles. The largest absolute Gasteiger partial charge is 0.493 e. The number of fused-ring (bicyclic) bond motifs is 3. The summed E-state index contributed by atoms with van der Waals surface area (Å²) in [6.07, 6.45) is 0.912. The molecule has 0 unspecified atom stereocenters. The van der Waals surface area contributed by atoms with E-state index in [1.54, 1.807) is 36.3 Å². The number of aromatic amines is 1. The molecule has 0 spiro atoms. The molecule has 0 atom stereocenters. The fraction of sp³-hybridized carbons (Fsp3) is 0.267. The molecule has 0 fully saturated rings. The second kappa shape index (κ2) is 10.5. The predicted octanol–water partition coefficient (Wildman–Crippen LogP) is 6.04. The normalized spacial score (nSPS) is 13.5. The summed E-state index contributed by atoms with van der Waals surface area (Å²) < 4.78 is 12.6. The number of rotatable bonds is 7. The molecule has 9 heteroatoms. The van der Waals surface area contributed by atoms with Crippen LogP contribution < -0.4 is 15.0 Å². The van der Waals surface area contributed by atoms with Crippen LogP contribution in [0.2, 0.25) is 5.02 Å². The molecule has 6 rings (SSSR count). The highest BCUT2D eigenvalue weighted by Gasteiger charge is 2.27. The smallest absolute Gasteiger partial charge is 0.267 e. The van der Waals surface area contributed by atoms with E-state index in [0.29, 0.717) is 22.2 Å². The van der Waals surface area contributed by atoms with Crippen LogP contribution in [0.5, 0.6) is 11.5 Å². The molecule has 7 nitrogen and oxygen atoms in total. The Kier molecular flexibility index (Phi) is 6.93. The predicted molar refractivity (Wildman–Crippen MR) is 156 cm³/mol. The number of H-pyrrole nitrogens is 1. The lowest BCUT2D eigenvalue weighted by atomic mass is 9.95. The van der Waals surface area contributed by atoms with Gasteiger partial charge in [0.15, 0.2) is 11.5 Å². The van der Waals surface area contributed by atoms with E-state index >= 15 is 0 Å². The minimum Gasteiger partial charge on any atom is -0.493 e. The number of aryl methyl sites for hydroxylation is 1. The van der Waals surface area contributed by atoms with Crippen molar-refractivity contribution in [2.24, 2.45) is 0 Å². The third-order valence-electron chi connectivity index (χ3n) is 7.22. The Balaban J connectivity index is 1.49. The molecule has 5 aromatic rings.